The van der Waals surface area contributed by atoms with Crippen LogP contribution in [0.3, 0.4) is 0 Å². The number of rotatable bonds is 4. The number of ether oxygens (including phenoxy) is 1. The van der Waals surface area contributed by atoms with Crippen LogP contribution >= 0.6 is 0 Å². The standard InChI is InChI=1S/C9H19NO2/c1-3-10-6-4-5-9(10,7-11)8-12-2/h11H,3-8H2,1-2H3. The fraction of sp³-hybridized carbons (Fsp3) is 1.00. The minimum absolute atomic E-state index is 0.0799. The van der Waals surface area contributed by atoms with Gasteiger partial charge in [0.25, 0.3) is 0 Å². The molecule has 1 unspecified atom stereocenters. The van der Waals surface area contributed by atoms with E-state index in [4.69, 9.17) is 4.74 Å². The summed E-state index contributed by atoms with van der Waals surface area (Å²) in [4.78, 5) is 2.32. The van der Waals surface area contributed by atoms with Gasteiger partial charge in [-0.3, -0.25) is 4.90 Å². The molecule has 0 aromatic heterocycles. The topological polar surface area (TPSA) is 32.7 Å². The highest BCUT2D eigenvalue weighted by molar-refractivity contribution is 4.94. The highest BCUT2D eigenvalue weighted by Crippen LogP contribution is 2.28. The normalized spacial score (nSPS) is 31.2. The maximum absolute atomic E-state index is 9.33. The van der Waals surface area contributed by atoms with Crippen LogP contribution in [-0.4, -0.2) is 49.0 Å². The molecule has 1 aliphatic rings. The van der Waals surface area contributed by atoms with Gasteiger partial charge in [0.1, 0.15) is 0 Å². The molecule has 0 spiro atoms. The third kappa shape index (κ3) is 1.63. The monoisotopic (exact) mass is 173 g/mol. The third-order valence-corrected chi connectivity index (χ3v) is 2.83. The highest BCUT2D eigenvalue weighted by atomic mass is 16.5. The molecule has 72 valence electrons. The molecule has 1 atom stereocenters. The molecule has 12 heavy (non-hydrogen) atoms. The zero-order chi connectivity index (χ0) is 9.03. The van der Waals surface area contributed by atoms with Crippen LogP contribution in [0.2, 0.25) is 0 Å². The van der Waals surface area contributed by atoms with Gasteiger partial charge in [-0.25, -0.2) is 0 Å². The minimum atomic E-state index is -0.0799. The summed E-state index contributed by atoms with van der Waals surface area (Å²) >= 11 is 0. The predicted octanol–water partition coefficient (Wildman–Crippen LogP) is 0.480. The van der Waals surface area contributed by atoms with Crippen LogP contribution in [0, 0.1) is 0 Å². The van der Waals surface area contributed by atoms with Crippen LogP contribution in [-0.2, 0) is 4.74 Å². The first-order valence-electron chi connectivity index (χ1n) is 4.64. The van der Waals surface area contributed by atoms with Gasteiger partial charge in [0.15, 0.2) is 0 Å². The van der Waals surface area contributed by atoms with Gasteiger partial charge in [-0.15, -0.1) is 0 Å². The SMILES string of the molecule is CCN1CCCC1(CO)COC. The Morgan fingerprint density at radius 3 is 2.83 bits per heavy atom. The van der Waals surface area contributed by atoms with Crippen molar-refractivity contribution in [2.24, 2.45) is 0 Å². The second-order valence-electron chi connectivity index (χ2n) is 3.50. The van der Waals surface area contributed by atoms with Gasteiger partial charge in [-0.05, 0) is 25.9 Å². The van der Waals surface area contributed by atoms with Crippen LogP contribution in [0.4, 0.5) is 0 Å². The maximum Gasteiger partial charge on any atom is 0.0676 e. The second-order valence-corrected chi connectivity index (χ2v) is 3.50. The lowest BCUT2D eigenvalue weighted by atomic mass is 9.98. The fourth-order valence-corrected chi connectivity index (χ4v) is 2.14. The molecular weight excluding hydrogens is 154 g/mol. The smallest absolute Gasteiger partial charge is 0.0676 e. The second kappa shape index (κ2) is 4.21. The molecule has 0 aromatic rings. The number of methoxy groups -OCH3 is 1. The fourth-order valence-electron chi connectivity index (χ4n) is 2.14. The average molecular weight is 173 g/mol. The predicted molar refractivity (Wildman–Crippen MR) is 48.2 cm³/mol. The summed E-state index contributed by atoms with van der Waals surface area (Å²) in [5.41, 5.74) is -0.0799. The Bertz CT molecular complexity index is 140. The number of aliphatic hydroxyl groups excluding tert-OH is 1. The Kier molecular flexibility index (Phi) is 3.50. The van der Waals surface area contributed by atoms with E-state index in [0.29, 0.717) is 6.61 Å². The molecule has 1 rings (SSSR count). The van der Waals surface area contributed by atoms with Crippen molar-refractivity contribution in [2.45, 2.75) is 25.3 Å². The number of nitrogens with zero attached hydrogens (tertiary/aromatic N) is 1. The van der Waals surface area contributed by atoms with Gasteiger partial charge < -0.3 is 9.84 Å². The summed E-state index contributed by atoms with van der Waals surface area (Å²) in [5, 5.41) is 9.33. The molecule has 0 aromatic carbocycles. The van der Waals surface area contributed by atoms with Crippen molar-refractivity contribution < 1.29 is 9.84 Å². The van der Waals surface area contributed by atoms with E-state index in [1.807, 2.05) is 0 Å². The van der Waals surface area contributed by atoms with Crippen molar-refractivity contribution in [3.8, 4) is 0 Å². The van der Waals surface area contributed by atoms with Gasteiger partial charge in [-0.2, -0.15) is 0 Å². The van der Waals surface area contributed by atoms with Crippen molar-refractivity contribution in [1.82, 2.24) is 4.90 Å². The van der Waals surface area contributed by atoms with E-state index in [9.17, 15) is 5.11 Å². The van der Waals surface area contributed by atoms with Gasteiger partial charge >= 0.3 is 0 Å². The Balaban J connectivity index is 2.61. The lowest BCUT2D eigenvalue weighted by Gasteiger charge is -2.35. The zero-order valence-electron chi connectivity index (χ0n) is 8.05. The summed E-state index contributed by atoms with van der Waals surface area (Å²) in [7, 11) is 1.70. The number of hydrogen-bond acceptors (Lipinski definition) is 3. The Morgan fingerprint density at radius 2 is 2.33 bits per heavy atom. The first-order chi connectivity index (χ1) is 5.79. The molecule has 1 saturated heterocycles. The van der Waals surface area contributed by atoms with Crippen LogP contribution in [0.25, 0.3) is 0 Å². The van der Waals surface area contributed by atoms with Crippen molar-refractivity contribution in [1.29, 1.82) is 0 Å². The van der Waals surface area contributed by atoms with E-state index >= 15 is 0 Å². The van der Waals surface area contributed by atoms with Crippen molar-refractivity contribution in [3.63, 3.8) is 0 Å². The number of likely N-dealkylation sites (N-methyl/N-ethyl adjacent to an activating group) is 1. The summed E-state index contributed by atoms with van der Waals surface area (Å²) in [5.74, 6) is 0. The molecule has 1 aliphatic heterocycles. The first-order valence-corrected chi connectivity index (χ1v) is 4.64. The van der Waals surface area contributed by atoms with Crippen molar-refractivity contribution in [3.05, 3.63) is 0 Å². The van der Waals surface area contributed by atoms with Crippen LogP contribution in [0.5, 0.6) is 0 Å². The van der Waals surface area contributed by atoms with Gasteiger partial charge in [0, 0.05) is 7.11 Å². The molecule has 3 nitrogen and oxygen atoms in total. The summed E-state index contributed by atoms with van der Waals surface area (Å²) < 4.78 is 5.15. The summed E-state index contributed by atoms with van der Waals surface area (Å²) in [6, 6.07) is 0. The van der Waals surface area contributed by atoms with Gasteiger partial charge in [0.05, 0.1) is 18.8 Å². The van der Waals surface area contributed by atoms with Crippen LogP contribution < -0.4 is 0 Å². The first kappa shape index (κ1) is 9.96. The van der Waals surface area contributed by atoms with E-state index in [0.717, 1.165) is 19.5 Å². The number of likely N-dealkylation sites (tertiary alicyclic amines) is 1. The Hall–Kier alpha value is -0.120. The molecule has 1 heterocycles. The van der Waals surface area contributed by atoms with Gasteiger partial charge in [-0.1, -0.05) is 6.92 Å². The highest BCUT2D eigenvalue weighted by Gasteiger charge is 2.39. The molecule has 0 radical (unpaired) electrons. The van der Waals surface area contributed by atoms with E-state index in [-0.39, 0.29) is 12.1 Å². The van der Waals surface area contributed by atoms with Crippen LogP contribution in [0.15, 0.2) is 0 Å². The molecule has 0 saturated carbocycles. The number of aliphatic hydroxyl groups is 1. The Morgan fingerprint density at radius 1 is 1.58 bits per heavy atom. The molecule has 0 aliphatic carbocycles. The molecule has 1 N–H and O–H groups in total. The lowest BCUT2D eigenvalue weighted by molar-refractivity contribution is 0.000455. The minimum Gasteiger partial charge on any atom is -0.394 e. The summed E-state index contributed by atoms with van der Waals surface area (Å²) in [6.07, 6.45) is 2.24. The number of hydrogen-bond donors (Lipinski definition) is 1. The zero-order valence-corrected chi connectivity index (χ0v) is 8.05. The average Bonchev–Trinajstić information content (AvgIpc) is 2.49. The molecule has 3 heteroatoms. The largest absolute Gasteiger partial charge is 0.394 e. The van der Waals surface area contributed by atoms with E-state index in [1.165, 1.54) is 6.42 Å². The quantitative estimate of drug-likeness (QED) is 0.671. The third-order valence-electron chi connectivity index (χ3n) is 2.83. The van der Waals surface area contributed by atoms with Crippen molar-refractivity contribution in [2.75, 3.05) is 33.4 Å². The molecule has 0 amide bonds. The van der Waals surface area contributed by atoms with Crippen LogP contribution in [0.1, 0.15) is 19.8 Å². The van der Waals surface area contributed by atoms with Crippen molar-refractivity contribution >= 4 is 0 Å². The maximum atomic E-state index is 9.33. The van der Waals surface area contributed by atoms with E-state index < -0.39 is 0 Å². The van der Waals surface area contributed by atoms with E-state index in [2.05, 4.69) is 11.8 Å². The van der Waals surface area contributed by atoms with E-state index in [1.54, 1.807) is 7.11 Å². The van der Waals surface area contributed by atoms with Gasteiger partial charge in [0.2, 0.25) is 0 Å². The molecule has 0 bridgehead atoms. The molecular formula is C9H19NO2. The lowest BCUT2D eigenvalue weighted by Crippen LogP contribution is -2.50. The summed E-state index contributed by atoms with van der Waals surface area (Å²) in [6.45, 7) is 5.10. The Labute approximate surface area is 74.3 Å². The molecule has 1 fully saturated rings.